The molecule has 0 spiro atoms. The number of amides is 1. The van der Waals surface area contributed by atoms with E-state index >= 15 is 0 Å². The lowest BCUT2D eigenvalue weighted by molar-refractivity contribution is 0.0668. The fourth-order valence-electron chi connectivity index (χ4n) is 3.60. The molecule has 2 aromatic rings. The van der Waals surface area contributed by atoms with Crippen LogP contribution in [0.3, 0.4) is 0 Å². The lowest BCUT2D eigenvalue weighted by Gasteiger charge is -2.24. The summed E-state index contributed by atoms with van der Waals surface area (Å²) in [7, 11) is 3.86. The van der Waals surface area contributed by atoms with Crippen molar-refractivity contribution in [1.29, 1.82) is 0 Å². The molecule has 1 saturated heterocycles. The average Bonchev–Trinajstić information content (AvgIpc) is 3.15. The zero-order valence-electron chi connectivity index (χ0n) is 17.7. The second-order valence-corrected chi connectivity index (χ2v) is 7.57. The molecule has 0 unspecified atom stereocenters. The number of carbonyl (C=O) groups excluding carboxylic acids is 1. The van der Waals surface area contributed by atoms with E-state index in [1.54, 1.807) is 4.90 Å². The van der Waals surface area contributed by atoms with E-state index in [1.165, 1.54) is 18.2 Å². The number of carbonyl (C=O) groups is 1. The molecule has 0 bridgehead atoms. The van der Waals surface area contributed by atoms with Gasteiger partial charge in [0.2, 0.25) is 0 Å². The Bertz CT molecular complexity index is 852. The number of nitrogens with zero attached hydrogens (tertiary/aromatic N) is 2. The Balaban J connectivity index is 0.00000240. The van der Waals surface area contributed by atoms with Crippen LogP contribution < -0.4 is 10.5 Å². The molecule has 0 saturated carbocycles. The topological polar surface area (TPSA) is 79.0 Å². The highest BCUT2D eigenvalue weighted by molar-refractivity contribution is 5.95. The van der Waals surface area contributed by atoms with Crippen molar-refractivity contribution in [3.63, 3.8) is 0 Å². The molecule has 1 heterocycles. The molecule has 1 aliphatic heterocycles. The van der Waals surface area contributed by atoms with Gasteiger partial charge in [-0.1, -0.05) is 12.1 Å². The summed E-state index contributed by atoms with van der Waals surface area (Å²) < 4.78 is 20.3. The maximum atomic E-state index is 14.4. The standard InChI is InChI=1S/C22H28FN3O3.2ClH/c1-25(2)16-11-17(14-27)26(13-16)22(28)20-12-19(7-8-21(20)23)29-18-5-3-15(4-6-18)9-10-24;;/h3-8,12,16-17,27H,9-11,13-14,24H2,1-2H3;2*1H/t16-,17-;;/m0../s1. The highest BCUT2D eigenvalue weighted by atomic mass is 35.5. The number of hydrogen-bond donors (Lipinski definition) is 2. The minimum Gasteiger partial charge on any atom is -0.457 e. The first-order valence-electron chi connectivity index (χ1n) is 9.77. The summed E-state index contributed by atoms with van der Waals surface area (Å²) in [5.74, 6) is -0.0663. The highest BCUT2D eigenvalue weighted by Crippen LogP contribution is 2.28. The van der Waals surface area contributed by atoms with Crippen LogP contribution >= 0.6 is 24.8 Å². The molecule has 0 aromatic heterocycles. The van der Waals surface area contributed by atoms with Crippen LogP contribution in [0.2, 0.25) is 0 Å². The van der Waals surface area contributed by atoms with E-state index in [9.17, 15) is 14.3 Å². The third-order valence-electron chi connectivity index (χ3n) is 5.35. The largest absolute Gasteiger partial charge is 0.457 e. The molecule has 9 heteroatoms. The molecule has 31 heavy (non-hydrogen) atoms. The number of likely N-dealkylation sites (N-methyl/N-ethyl adjacent to an activating group) is 1. The molecule has 2 aromatic carbocycles. The van der Waals surface area contributed by atoms with E-state index in [1.807, 2.05) is 43.3 Å². The molecule has 1 fully saturated rings. The van der Waals surface area contributed by atoms with Crippen LogP contribution in [0, 0.1) is 5.82 Å². The molecule has 3 rings (SSSR count). The zero-order valence-corrected chi connectivity index (χ0v) is 19.3. The van der Waals surface area contributed by atoms with Gasteiger partial charge in [0.05, 0.1) is 18.2 Å². The number of nitrogens with two attached hydrogens (primary N) is 1. The third-order valence-corrected chi connectivity index (χ3v) is 5.35. The first kappa shape index (κ1) is 27.1. The summed E-state index contributed by atoms with van der Waals surface area (Å²) in [6, 6.07) is 11.4. The lowest BCUT2D eigenvalue weighted by atomic mass is 10.1. The van der Waals surface area contributed by atoms with Crippen LogP contribution in [0.1, 0.15) is 22.3 Å². The Morgan fingerprint density at radius 2 is 1.84 bits per heavy atom. The van der Waals surface area contributed by atoms with E-state index < -0.39 is 11.7 Å². The van der Waals surface area contributed by atoms with Gasteiger partial charge in [-0.15, -0.1) is 24.8 Å². The molecule has 3 N–H and O–H groups in total. The number of ether oxygens (including phenoxy) is 1. The quantitative estimate of drug-likeness (QED) is 0.645. The summed E-state index contributed by atoms with van der Waals surface area (Å²) in [5, 5.41) is 9.67. The first-order valence-corrected chi connectivity index (χ1v) is 9.77. The molecule has 1 aliphatic rings. The van der Waals surface area contributed by atoms with Crippen molar-refractivity contribution >= 4 is 30.7 Å². The molecule has 0 radical (unpaired) electrons. The van der Waals surface area contributed by atoms with Crippen LogP contribution in [0.25, 0.3) is 0 Å². The number of hydrogen-bond acceptors (Lipinski definition) is 5. The normalized spacial score (nSPS) is 17.8. The van der Waals surface area contributed by atoms with Crippen molar-refractivity contribution in [3.05, 3.63) is 59.4 Å². The van der Waals surface area contributed by atoms with E-state index in [0.29, 0.717) is 31.0 Å². The maximum Gasteiger partial charge on any atom is 0.257 e. The second kappa shape index (κ2) is 12.2. The summed E-state index contributed by atoms with van der Waals surface area (Å²) in [6.45, 7) is 0.872. The van der Waals surface area contributed by atoms with Crippen LogP contribution in [0.15, 0.2) is 42.5 Å². The predicted octanol–water partition coefficient (Wildman–Crippen LogP) is 3.10. The van der Waals surface area contributed by atoms with Gasteiger partial charge in [-0.25, -0.2) is 4.39 Å². The highest BCUT2D eigenvalue weighted by Gasteiger charge is 2.37. The van der Waals surface area contributed by atoms with Gasteiger partial charge in [-0.2, -0.15) is 0 Å². The van der Waals surface area contributed by atoms with Crippen molar-refractivity contribution in [1.82, 2.24) is 9.80 Å². The van der Waals surface area contributed by atoms with Gasteiger partial charge in [-0.05, 0) is 69.4 Å². The van der Waals surface area contributed by atoms with Gasteiger partial charge >= 0.3 is 0 Å². The fourth-order valence-corrected chi connectivity index (χ4v) is 3.60. The number of halogens is 3. The Kier molecular flexibility index (Phi) is 10.7. The van der Waals surface area contributed by atoms with E-state index in [4.69, 9.17) is 10.5 Å². The van der Waals surface area contributed by atoms with Gasteiger partial charge in [-0.3, -0.25) is 4.79 Å². The molecular weight excluding hydrogens is 444 g/mol. The minimum atomic E-state index is -0.606. The minimum absolute atomic E-state index is 0. The van der Waals surface area contributed by atoms with Gasteiger partial charge in [0.25, 0.3) is 5.91 Å². The monoisotopic (exact) mass is 473 g/mol. The van der Waals surface area contributed by atoms with Gasteiger partial charge in [0.1, 0.15) is 17.3 Å². The first-order chi connectivity index (χ1) is 13.9. The van der Waals surface area contributed by atoms with Crippen molar-refractivity contribution in [3.8, 4) is 11.5 Å². The second-order valence-electron chi connectivity index (χ2n) is 7.57. The average molecular weight is 474 g/mol. The zero-order chi connectivity index (χ0) is 21.0. The predicted molar refractivity (Wildman–Crippen MR) is 124 cm³/mol. The Morgan fingerprint density at radius 3 is 2.42 bits per heavy atom. The van der Waals surface area contributed by atoms with E-state index in [0.717, 1.165) is 12.0 Å². The van der Waals surface area contributed by atoms with E-state index in [-0.39, 0.29) is 49.1 Å². The Morgan fingerprint density at radius 1 is 1.19 bits per heavy atom. The Labute approximate surface area is 195 Å². The molecule has 172 valence electrons. The number of aliphatic hydroxyl groups is 1. The van der Waals surface area contributed by atoms with Crippen molar-refractivity contribution in [2.75, 3.05) is 33.8 Å². The molecule has 2 atom stereocenters. The smallest absolute Gasteiger partial charge is 0.257 e. The summed E-state index contributed by atoms with van der Waals surface area (Å²) in [4.78, 5) is 16.6. The summed E-state index contributed by atoms with van der Waals surface area (Å²) >= 11 is 0. The number of rotatable bonds is 7. The van der Waals surface area contributed by atoms with Gasteiger partial charge in [0.15, 0.2) is 0 Å². The molecule has 6 nitrogen and oxygen atoms in total. The molecular formula is C22H30Cl2FN3O3. The Hall–Kier alpha value is -1.90. The summed E-state index contributed by atoms with van der Waals surface area (Å²) in [6.07, 6.45) is 1.44. The van der Waals surface area contributed by atoms with Crippen molar-refractivity contribution in [2.24, 2.45) is 5.73 Å². The number of likely N-dealkylation sites (tertiary alicyclic amines) is 1. The molecule has 0 aliphatic carbocycles. The van der Waals surface area contributed by atoms with Gasteiger partial charge in [0, 0.05) is 12.6 Å². The lowest BCUT2D eigenvalue weighted by Crippen LogP contribution is -2.39. The van der Waals surface area contributed by atoms with Crippen molar-refractivity contribution in [2.45, 2.75) is 24.9 Å². The van der Waals surface area contributed by atoms with E-state index in [2.05, 4.69) is 0 Å². The number of benzene rings is 2. The van der Waals surface area contributed by atoms with Crippen LogP contribution in [-0.4, -0.2) is 66.7 Å². The maximum absolute atomic E-state index is 14.4. The van der Waals surface area contributed by atoms with Crippen LogP contribution in [0.4, 0.5) is 4.39 Å². The SMILES string of the molecule is CN(C)[C@H]1C[C@@H](CO)N(C(=O)c2cc(Oc3ccc(CCN)cc3)ccc2F)C1.Cl.Cl. The van der Waals surface area contributed by atoms with Crippen LogP contribution in [-0.2, 0) is 6.42 Å². The summed E-state index contributed by atoms with van der Waals surface area (Å²) in [5.41, 5.74) is 6.61. The van der Waals surface area contributed by atoms with Crippen LogP contribution in [0.5, 0.6) is 11.5 Å². The third kappa shape index (κ3) is 6.54. The van der Waals surface area contributed by atoms with Crippen molar-refractivity contribution < 1.29 is 19.0 Å². The van der Waals surface area contributed by atoms with Gasteiger partial charge < -0.3 is 25.4 Å². The number of aliphatic hydroxyl groups excluding tert-OH is 1. The fraction of sp³-hybridized carbons (Fsp3) is 0.409. The molecule has 1 amide bonds.